The molecule has 10 heteroatoms. The number of thiazole rings is 1. The first-order valence-electron chi connectivity index (χ1n) is 8.30. The highest BCUT2D eigenvalue weighted by atomic mass is 127. The van der Waals surface area contributed by atoms with E-state index >= 15 is 0 Å². The van der Waals surface area contributed by atoms with Crippen molar-refractivity contribution in [3.63, 3.8) is 0 Å². The van der Waals surface area contributed by atoms with Crippen LogP contribution in [0.1, 0.15) is 25.0 Å². The Kier molecular flexibility index (Phi) is 6.45. The number of hydrogen-bond donors (Lipinski definition) is 1. The summed E-state index contributed by atoms with van der Waals surface area (Å²) in [6.07, 6.45) is -2.08. The Morgan fingerprint density at radius 3 is 2.80 bits per heavy atom. The van der Waals surface area contributed by atoms with Crippen molar-refractivity contribution in [2.75, 3.05) is 37.7 Å². The number of piperidine rings is 1. The fraction of sp³-hybridized carbons (Fsp3) is 0.800. The van der Waals surface area contributed by atoms with Crippen LogP contribution in [0.15, 0.2) is 5.38 Å². The zero-order valence-corrected chi connectivity index (χ0v) is 16.6. The number of β-amino-alcohol motifs (C(OH)–C–C–N with tert-alkyl or cyclic N) is 1. The fourth-order valence-electron chi connectivity index (χ4n) is 3.59. The minimum absolute atomic E-state index is 0.297. The molecule has 0 radical (unpaired) electrons. The largest absolute Gasteiger partial charge is 0.434 e. The molecule has 25 heavy (non-hydrogen) atoms. The van der Waals surface area contributed by atoms with Gasteiger partial charge in [-0.15, -0.1) is 11.3 Å². The van der Waals surface area contributed by atoms with E-state index in [4.69, 9.17) is 3.07 Å². The van der Waals surface area contributed by atoms with Crippen LogP contribution < -0.4 is 4.90 Å². The zero-order chi connectivity index (χ0) is 18.0. The Labute approximate surface area is 162 Å². The smallest absolute Gasteiger partial charge is 0.392 e. The maximum Gasteiger partial charge on any atom is 0.434 e. The van der Waals surface area contributed by atoms with Gasteiger partial charge in [0.15, 0.2) is 10.8 Å². The maximum absolute atomic E-state index is 12.7. The van der Waals surface area contributed by atoms with E-state index in [1.54, 1.807) is 0 Å². The Morgan fingerprint density at radius 1 is 1.32 bits per heavy atom. The number of nitrogens with zero attached hydrogens (tertiary/aromatic N) is 3. The predicted octanol–water partition coefficient (Wildman–Crippen LogP) is 3.18. The Balaban J connectivity index is 1.58. The first kappa shape index (κ1) is 19.6. The molecule has 1 N–H and O–H groups in total. The summed E-state index contributed by atoms with van der Waals surface area (Å²) < 4.78 is 43.4. The Morgan fingerprint density at radius 2 is 2.12 bits per heavy atom. The number of aromatic nitrogens is 1. The van der Waals surface area contributed by atoms with E-state index in [0.29, 0.717) is 36.8 Å². The summed E-state index contributed by atoms with van der Waals surface area (Å²) in [5.41, 5.74) is -0.811. The number of halogens is 4. The molecular weight excluding hydrogens is 470 g/mol. The summed E-state index contributed by atoms with van der Waals surface area (Å²) in [5.74, 6) is 0.361. The van der Waals surface area contributed by atoms with Gasteiger partial charge >= 0.3 is 6.18 Å². The van der Waals surface area contributed by atoms with Crippen molar-refractivity contribution in [1.29, 1.82) is 0 Å². The van der Waals surface area contributed by atoms with Crippen LogP contribution in [-0.2, 0) is 9.24 Å². The van der Waals surface area contributed by atoms with E-state index in [0.717, 1.165) is 49.1 Å². The molecule has 0 unspecified atom stereocenters. The van der Waals surface area contributed by atoms with Gasteiger partial charge < -0.3 is 13.1 Å². The third-order valence-corrected chi connectivity index (χ3v) is 6.14. The van der Waals surface area contributed by atoms with E-state index in [-0.39, 0.29) is 6.10 Å². The summed E-state index contributed by atoms with van der Waals surface area (Å²) in [6.45, 7) is 3.52. The van der Waals surface area contributed by atoms with Crippen molar-refractivity contribution in [1.82, 2.24) is 9.88 Å². The monoisotopic (exact) mass is 491 g/mol. The molecule has 0 amide bonds. The summed E-state index contributed by atoms with van der Waals surface area (Å²) >= 11 is 2.94. The highest BCUT2D eigenvalue weighted by Gasteiger charge is 2.36. The summed E-state index contributed by atoms with van der Waals surface area (Å²) in [5, 5.41) is 11.5. The van der Waals surface area contributed by atoms with Crippen LogP contribution in [0, 0.1) is 5.92 Å². The lowest BCUT2D eigenvalue weighted by atomic mass is 9.98. The van der Waals surface area contributed by atoms with E-state index in [2.05, 4.69) is 9.88 Å². The first-order chi connectivity index (χ1) is 11.9. The van der Waals surface area contributed by atoms with Crippen LogP contribution in [0.4, 0.5) is 18.3 Å². The zero-order valence-electron chi connectivity index (χ0n) is 13.6. The van der Waals surface area contributed by atoms with Crippen molar-refractivity contribution in [3.05, 3.63) is 11.1 Å². The fourth-order valence-corrected chi connectivity index (χ4v) is 4.87. The van der Waals surface area contributed by atoms with Crippen LogP contribution in [0.25, 0.3) is 0 Å². The molecule has 1 aromatic heterocycles. The maximum atomic E-state index is 12.7. The van der Waals surface area contributed by atoms with Crippen LogP contribution in [-0.4, -0.2) is 59.9 Å². The summed E-state index contributed by atoms with van der Waals surface area (Å²) in [6, 6.07) is 0.297. The molecule has 3 atom stereocenters. The van der Waals surface area contributed by atoms with Gasteiger partial charge in [-0.2, -0.15) is 13.2 Å². The molecule has 1 aromatic rings. The third-order valence-electron chi connectivity index (χ3n) is 4.88. The normalized spacial score (nSPS) is 28.7. The highest BCUT2D eigenvalue weighted by Crippen LogP contribution is 2.35. The number of hydrogen-bond acceptors (Lipinski definition) is 6. The Bertz CT molecular complexity index is 574. The molecule has 2 fully saturated rings. The van der Waals surface area contributed by atoms with E-state index in [9.17, 15) is 18.3 Å². The second-order valence-corrected chi connectivity index (χ2v) is 8.19. The average molecular weight is 491 g/mol. The quantitative estimate of drug-likeness (QED) is 0.642. The molecule has 2 saturated heterocycles. The molecule has 0 spiro atoms. The van der Waals surface area contributed by atoms with Crippen molar-refractivity contribution in [3.8, 4) is 0 Å². The van der Waals surface area contributed by atoms with Gasteiger partial charge in [0.2, 0.25) is 0 Å². The first-order valence-corrected chi connectivity index (χ1v) is 10.1. The lowest BCUT2D eigenvalue weighted by Crippen LogP contribution is -2.49. The molecular formula is C15H21F3IN3O2S. The van der Waals surface area contributed by atoms with E-state index < -0.39 is 11.9 Å². The molecule has 0 aromatic carbocycles. The number of aliphatic hydroxyl groups is 1. The minimum Gasteiger partial charge on any atom is -0.392 e. The SMILES string of the molecule is O[C@@H]1CC[C@H](COI)N(C[C@@H]2CCN(c3nc(C(F)(F)F)cs3)C2)C1. The van der Waals surface area contributed by atoms with Gasteiger partial charge in [0.25, 0.3) is 0 Å². The van der Waals surface area contributed by atoms with Gasteiger partial charge in [-0.05, 0) is 25.2 Å². The average Bonchev–Trinajstić information content (AvgIpc) is 3.18. The van der Waals surface area contributed by atoms with Crippen molar-refractivity contribution >= 4 is 39.5 Å². The topological polar surface area (TPSA) is 48.8 Å². The van der Waals surface area contributed by atoms with Gasteiger partial charge in [0.05, 0.1) is 12.7 Å². The van der Waals surface area contributed by atoms with Gasteiger partial charge in [-0.1, -0.05) is 0 Å². The molecule has 5 nitrogen and oxygen atoms in total. The lowest BCUT2D eigenvalue weighted by molar-refractivity contribution is -0.140. The van der Waals surface area contributed by atoms with Crippen LogP contribution in [0.5, 0.6) is 0 Å². The van der Waals surface area contributed by atoms with E-state index in [1.165, 1.54) is 0 Å². The van der Waals surface area contributed by atoms with Gasteiger partial charge in [0.1, 0.15) is 23.0 Å². The van der Waals surface area contributed by atoms with Crippen LogP contribution in [0.2, 0.25) is 0 Å². The molecule has 2 aliphatic rings. The molecule has 3 heterocycles. The van der Waals surface area contributed by atoms with Gasteiger partial charge in [-0.3, -0.25) is 4.90 Å². The molecule has 2 aliphatic heterocycles. The van der Waals surface area contributed by atoms with E-state index in [1.807, 2.05) is 27.9 Å². The second kappa shape index (κ2) is 8.24. The lowest BCUT2D eigenvalue weighted by Gasteiger charge is -2.38. The summed E-state index contributed by atoms with van der Waals surface area (Å²) in [7, 11) is 0. The van der Waals surface area contributed by atoms with Crippen molar-refractivity contribution in [2.45, 2.75) is 37.6 Å². The standard InChI is InChI=1S/C15H21F3IN3O2S/c16-15(17,18)13-9-25-14(20-13)21-4-3-10(5-21)6-22-7-12(23)2-1-11(22)8-24-19/h9-12,23H,1-8H2/t10-,11-,12-/m1/s1. The third kappa shape index (κ3) is 4.96. The highest BCUT2D eigenvalue weighted by molar-refractivity contribution is 14.1. The molecule has 142 valence electrons. The number of anilines is 1. The van der Waals surface area contributed by atoms with Gasteiger partial charge in [-0.25, -0.2) is 4.98 Å². The minimum atomic E-state index is -4.38. The number of alkyl halides is 3. The number of likely N-dealkylation sites (tertiary alicyclic amines) is 1. The summed E-state index contributed by atoms with van der Waals surface area (Å²) in [4.78, 5) is 7.95. The van der Waals surface area contributed by atoms with Crippen molar-refractivity contribution < 1.29 is 21.3 Å². The van der Waals surface area contributed by atoms with Crippen LogP contribution in [0.3, 0.4) is 0 Å². The molecule has 0 aliphatic carbocycles. The number of rotatable bonds is 5. The molecule has 0 saturated carbocycles. The Hall–Kier alpha value is -0.170. The molecule has 3 rings (SSSR count). The number of aliphatic hydroxyl groups excluding tert-OH is 1. The molecule has 0 bridgehead atoms. The van der Waals surface area contributed by atoms with Gasteiger partial charge in [0, 0.05) is 37.6 Å². The van der Waals surface area contributed by atoms with Crippen LogP contribution >= 0.6 is 34.3 Å². The van der Waals surface area contributed by atoms with Crippen molar-refractivity contribution in [2.24, 2.45) is 5.92 Å². The predicted molar refractivity (Wildman–Crippen MR) is 98.0 cm³/mol. The second-order valence-electron chi connectivity index (χ2n) is 6.73.